The van der Waals surface area contributed by atoms with Gasteiger partial charge in [0, 0.05) is 25.1 Å². The molecule has 118 valence electrons. The molecule has 6 nitrogen and oxygen atoms in total. The first kappa shape index (κ1) is 16.3. The summed E-state index contributed by atoms with van der Waals surface area (Å²) >= 11 is 5.86. The lowest BCUT2D eigenvalue weighted by Crippen LogP contribution is -2.49. The van der Waals surface area contributed by atoms with Crippen molar-refractivity contribution in [2.24, 2.45) is 0 Å². The number of hydrogen-bond donors (Lipinski definition) is 2. The predicted molar refractivity (Wildman–Crippen MR) is 83.8 cm³/mol. The van der Waals surface area contributed by atoms with Crippen LogP contribution < -0.4 is 10.7 Å². The Morgan fingerprint density at radius 1 is 1.41 bits per heavy atom. The molecule has 1 aromatic rings. The second kappa shape index (κ2) is 7.82. The second-order valence-corrected chi connectivity index (χ2v) is 5.20. The molecule has 1 aliphatic rings. The lowest BCUT2D eigenvalue weighted by atomic mass is 10.1. The zero-order valence-electron chi connectivity index (χ0n) is 12.3. The van der Waals surface area contributed by atoms with Gasteiger partial charge >= 0.3 is 0 Å². The van der Waals surface area contributed by atoms with Gasteiger partial charge in [0.15, 0.2) is 0 Å². The lowest BCUT2D eigenvalue weighted by Gasteiger charge is -2.28. The van der Waals surface area contributed by atoms with Gasteiger partial charge in [0.1, 0.15) is 6.54 Å². The second-order valence-electron chi connectivity index (χ2n) is 4.76. The number of carbonyl (C=O) groups excluding carboxylic acids is 2. The van der Waals surface area contributed by atoms with E-state index in [-0.39, 0.29) is 24.8 Å². The summed E-state index contributed by atoms with van der Waals surface area (Å²) in [5, 5.41) is 4.63. The third-order valence-electron chi connectivity index (χ3n) is 3.12. The van der Waals surface area contributed by atoms with E-state index in [1.54, 1.807) is 25.3 Å². The van der Waals surface area contributed by atoms with E-state index >= 15 is 0 Å². The quantitative estimate of drug-likeness (QED) is 0.771. The van der Waals surface area contributed by atoms with Crippen LogP contribution in [0.5, 0.6) is 0 Å². The molecule has 7 heteroatoms. The van der Waals surface area contributed by atoms with Crippen LogP contribution in [0.3, 0.4) is 0 Å². The molecule has 1 aliphatic heterocycles. The molecule has 2 amide bonds. The standard InChI is InChI=1S/C15H18ClN3O3/c1-22-9-8-17-14(20)10-19-15(21)7-6-13(18-19)11-2-4-12(16)5-3-11/h2-6,18H,7-10H2,1H3,(H,17,20). The van der Waals surface area contributed by atoms with Gasteiger partial charge in [-0.3, -0.25) is 15.0 Å². The smallest absolute Gasteiger partial charge is 0.245 e. The van der Waals surface area contributed by atoms with E-state index in [0.29, 0.717) is 18.2 Å². The molecule has 0 saturated carbocycles. The number of methoxy groups -OCH3 is 1. The summed E-state index contributed by atoms with van der Waals surface area (Å²) in [6, 6.07) is 7.26. The van der Waals surface area contributed by atoms with Gasteiger partial charge in [0.2, 0.25) is 11.8 Å². The van der Waals surface area contributed by atoms with Crippen molar-refractivity contribution >= 4 is 29.1 Å². The molecule has 0 bridgehead atoms. The molecular formula is C15H18ClN3O3. The average molecular weight is 324 g/mol. The lowest BCUT2D eigenvalue weighted by molar-refractivity contribution is -0.137. The number of hydrogen-bond acceptors (Lipinski definition) is 4. The molecule has 0 radical (unpaired) electrons. The Labute approximate surface area is 134 Å². The van der Waals surface area contributed by atoms with Crippen LogP contribution in [0.2, 0.25) is 5.02 Å². The molecule has 0 aliphatic carbocycles. The Kier molecular flexibility index (Phi) is 5.80. The minimum Gasteiger partial charge on any atom is -0.383 e. The maximum atomic E-state index is 11.9. The predicted octanol–water partition coefficient (Wildman–Crippen LogP) is 1.18. The van der Waals surface area contributed by atoms with Gasteiger partial charge in [-0.2, -0.15) is 0 Å². The summed E-state index contributed by atoms with van der Waals surface area (Å²) in [4.78, 5) is 23.7. The maximum Gasteiger partial charge on any atom is 0.245 e. The van der Waals surface area contributed by atoms with E-state index in [2.05, 4.69) is 10.7 Å². The van der Waals surface area contributed by atoms with E-state index in [1.807, 2.05) is 12.1 Å². The highest BCUT2D eigenvalue weighted by atomic mass is 35.5. The van der Waals surface area contributed by atoms with Gasteiger partial charge in [-0.15, -0.1) is 0 Å². The maximum absolute atomic E-state index is 11.9. The van der Waals surface area contributed by atoms with Gasteiger partial charge in [-0.05, 0) is 23.8 Å². The molecule has 0 aromatic heterocycles. The Bertz CT molecular complexity index is 572. The minimum absolute atomic E-state index is 0.0481. The molecule has 0 fully saturated rings. The van der Waals surface area contributed by atoms with Crippen molar-refractivity contribution in [3.63, 3.8) is 0 Å². The van der Waals surface area contributed by atoms with Crippen LogP contribution in [-0.4, -0.2) is 43.6 Å². The van der Waals surface area contributed by atoms with Crippen molar-refractivity contribution in [2.75, 3.05) is 26.8 Å². The minimum atomic E-state index is -0.241. The summed E-state index contributed by atoms with van der Waals surface area (Å²) in [7, 11) is 1.56. The largest absolute Gasteiger partial charge is 0.383 e. The SMILES string of the molecule is COCCNC(=O)CN1NC(c2ccc(Cl)cc2)=CCC1=O. The fourth-order valence-electron chi connectivity index (χ4n) is 1.98. The monoisotopic (exact) mass is 323 g/mol. The van der Waals surface area contributed by atoms with Crippen molar-refractivity contribution in [3.05, 3.63) is 40.9 Å². The van der Waals surface area contributed by atoms with Crippen LogP contribution in [0.1, 0.15) is 12.0 Å². The van der Waals surface area contributed by atoms with Gasteiger partial charge in [-0.1, -0.05) is 23.7 Å². The van der Waals surface area contributed by atoms with Crippen molar-refractivity contribution in [3.8, 4) is 0 Å². The van der Waals surface area contributed by atoms with Crippen LogP contribution in [-0.2, 0) is 14.3 Å². The Morgan fingerprint density at radius 3 is 2.82 bits per heavy atom. The molecular weight excluding hydrogens is 306 g/mol. The van der Waals surface area contributed by atoms with Crippen molar-refractivity contribution in [2.45, 2.75) is 6.42 Å². The molecule has 1 heterocycles. The summed E-state index contributed by atoms with van der Waals surface area (Å²) in [5.74, 6) is -0.394. The van der Waals surface area contributed by atoms with Crippen molar-refractivity contribution in [1.82, 2.24) is 15.8 Å². The molecule has 22 heavy (non-hydrogen) atoms. The topological polar surface area (TPSA) is 70.7 Å². The van der Waals surface area contributed by atoms with Gasteiger partial charge in [0.05, 0.1) is 12.3 Å². The van der Waals surface area contributed by atoms with E-state index < -0.39 is 0 Å². The van der Waals surface area contributed by atoms with Crippen LogP contribution in [0.15, 0.2) is 30.3 Å². The van der Waals surface area contributed by atoms with Crippen LogP contribution >= 0.6 is 11.6 Å². The molecule has 0 saturated heterocycles. The Morgan fingerprint density at radius 2 is 2.14 bits per heavy atom. The molecule has 0 spiro atoms. The number of amides is 2. The fourth-order valence-corrected chi connectivity index (χ4v) is 2.11. The third-order valence-corrected chi connectivity index (χ3v) is 3.37. The van der Waals surface area contributed by atoms with E-state index in [1.165, 1.54) is 5.01 Å². The molecule has 0 atom stereocenters. The Balaban J connectivity index is 1.96. The third kappa shape index (κ3) is 4.47. The summed E-state index contributed by atoms with van der Waals surface area (Å²) in [6.07, 6.45) is 2.04. The van der Waals surface area contributed by atoms with Crippen LogP contribution in [0.25, 0.3) is 5.70 Å². The van der Waals surface area contributed by atoms with E-state index in [9.17, 15) is 9.59 Å². The van der Waals surface area contributed by atoms with Crippen LogP contribution in [0, 0.1) is 0 Å². The summed E-state index contributed by atoms with van der Waals surface area (Å²) < 4.78 is 4.86. The zero-order chi connectivity index (χ0) is 15.9. The average Bonchev–Trinajstić information content (AvgIpc) is 2.51. The number of ether oxygens (including phenoxy) is 1. The Hall–Kier alpha value is -2.05. The summed E-state index contributed by atoms with van der Waals surface area (Å²) in [5.41, 5.74) is 4.65. The highest BCUT2D eigenvalue weighted by Gasteiger charge is 2.21. The number of nitrogens with zero attached hydrogens (tertiary/aromatic N) is 1. The van der Waals surface area contributed by atoms with Gasteiger partial charge < -0.3 is 10.1 Å². The first-order valence-electron chi connectivity index (χ1n) is 6.89. The number of carbonyl (C=O) groups is 2. The van der Waals surface area contributed by atoms with E-state index in [4.69, 9.17) is 16.3 Å². The number of halogens is 1. The first-order valence-corrected chi connectivity index (χ1v) is 7.26. The molecule has 2 N–H and O–H groups in total. The zero-order valence-corrected chi connectivity index (χ0v) is 13.0. The molecule has 1 aromatic carbocycles. The fraction of sp³-hybridized carbons (Fsp3) is 0.333. The first-order chi connectivity index (χ1) is 10.6. The highest BCUT2D eigenvalue weighted by Crippen LogP contribution is 2.19. The number of nitrogens with one attached hydrogen (secondary N) is 2. The van der Waals surface area contributed by atoms with E-state index in [0.717, 1.165) is 11.3 Å². The van der Waals surface area contributed by atoms with Gasteiger partial charge in [0.25, 0.3) is 0 Å². The number of benzene rings is 1. The van der Waals surface area contributed by atoms with Crippen molar-refractivity contribution < 1.29 is 14.3 Å². The highest BCUT2D eigenvalue weighted by molar-refractivity contribution is 6.30. The number of hydrazine groups is 1. The molecule has 2 rings (SSSR count). The molecule has 0 unspecified atom stereocenters. The summed E-state index contributed by atoms with van der Waals surface area (Å²) in [6.45, 7) is 0.799. The number of rotatable bonds is 6. The van der Waals surface area contributed by atoms with Gasteiger partial charge in [-0.25, -0.2) is 5.01 Å². The normalized spacial score (nSPS) is 14.4. The van der Waals surface area contributed by atoms with Crippen molar-refractivity contribution in [1.29, 1.82) is 0 Å². The van der Waals surface area contributed by atoms with Crippen LogP contribution in [0.4, 0.5) is 0 Å².